The molecule has 104 valence electrons. The summed E-state index contributed by atoms with van der Waals surface area (Å²) in [5.74, 6) is -0.377. The highest BCUT2D eigenvalue weighted by Crippen LogP contribution is 2.17. The molecule has 5 nitrogen and oxygen atoms in total. The van der Waals surface area contributed by atoms with Crippen LogP contribution in [0, 0.1) is 12.3 Å². The molecule has 0 aliphatic rings. The van der Waals surface area contributed by atoms with Gasteiger partial charge in [-0.3, -0.25) is 9.59 Å². The molecule has 0 heterocycles. The minimum atomic E-state index is -0.665. The van der Waals surface area contributed by atoms with Crippen LogP contribution in [-0.4, -0.2) is 25.4 Å². The van der Waals surface area contributed by atoms with Crippen molar-refractivity contribution < 1.29 is 9.59 Å². The topological polar surface area (TPSA) is 84.2 Å². The minimum absolute atomic E-state index is 0.120. The summed E-state index contributed by atoms with van der Waals surface area (Å²) >= 11 is 0. The molecule has 0 aromatic heterocycles. The first-order chi connectivity index (χ1) is 8.79. The number of hydrogen-bond donors (Lipinski definition) is 3. The van der Waals surface area contributed by atoms with E-state index >= 15 is 0 Å². The van der Waals surface area contributed by atoms with E-state index in [1.165, 1.54) is 0 Å². The molecule has 0 atom stereocenters. The van der Waals surface area contributed by atoms with Gasteiger partial charge in [-0.15, -0.1) is 0 Å². The van der Waals surface area contributed by atoms with Crippen molar-refractivity contribution in [2.45, 2.75) is 20.8 Å². The average Bonchev–Trinajstić information content (AvgIpc) is 2.35. The third kappa shape index (κ3) is 3.47. The van der Waals surface area contributed by atoms with E-state index < -0.39 is 5.41 Å². The van der Waals surface area contributed by atoms with Gasteiger partial charge in [0.05, 0.1) is 11.0 Å². The molecule has 0 fully saturated rings. The molecule has 4 N–H and O–H groups in total. The zero-order valence-electron chi connectivity index (χ0n) is 11.8. The Morgan fingerprint density at radius 1 is 1.32 bits per heavy atom. The molecule has 1 aromatic carbocycles. The Labute approximate surface area is 113 Å². The second-order valence-electron chi connectivity index (χ2n) is 5.18. The third-order valence-corrected chi connectivity index (χ3v) is 3.06. The number of nitrogens with two attached hydrogens (primary N) is 1. The Morgan fingerprint density at radius 3 is 2.47 bits per heavy atom. The van der Waals surface area contributed by atoms with Crippen molar-refractivity contribution in [2.24, 2.45) is 5.41 Å². The fraction of sp³-hybridized carbons (Fsp3) is 0.429. The molecule has 0 bridgehead atoms. The standard InChI is InChI=1S/C14H21N3O2/c1-9-6-5-7-10(15)11(9)12(18)17-8-14(2,3)13(19)16-4/h5-7H,8,15H2,1-4H3,(H,16,19)(H,17,18). The van der Waals surface area contributed by atoms with Crippen LogP contribution in [0.5, 0.6) is 0 Å². The Kier molecular flexibility index (Phi) is 4.53. The van der Waals surface area contributed by atoms with Gasteiger partial charge in [0.2, 0.25) is 5.91 Å². The highest BCUT2D eigenvalue weighted by atomic mass is 16.2. The lowest BCUT2D eigenvalue weighted by Gasteiger charge is -2.23. The molecule has 0 saturated heterocycles. The smallest absolute Gasteiger partial charge is 0.253 e. The van der Waals surface area contributed by atoms with Crippen LogP contribution in [0.3, 0.4) is 0 Å². The Hall–Kier alpha value is -2.04. The molecule has 2 amide bonds. The molecule has 0 radical (unpaired) electrons. The molecule has 5 heteroatoms. The molecule has 0 unspecified atom stereocenters. The van der Waals surface area contributed by atoms with E-state index in [2.05, 4.69) is 10.6 Å². The van der Waals surface area contributed by atoms with Crippen molar-refractivity contribution in [3.8, 4) is 0 Å². The van der Waals surface area contributed by atoms with Gasteiger partial charge in [0.1, 0.15) is 0 Å². The maximum atomic E-state index is 12.1. The third-order valence-electron chi connectivity index (χ3n) is 3.06. The van der Waals surface area contributed by atoms with Crippen LogP contribution in [-0.2, 0) is 4.79 Å². The summed E-state index contributed by atoms with van der Waals surface area (Å²) in [6, 6.07) is 5.32. The van der Waals surface area contributed by atoms with Crippen LogP contribution < -0.4 is 16.4 Å². The fourth-order valence-corrected chi connectivity index (χ4v) is 1.81. The van der Waals surface area contributed by atoms with Gasteiger partial charge in [0, 0.05) is 19.3 Å². The van der Waals surface area contributed by atoms with Crippen molar-refractivity contribution >= 4 is 17.5 Å². The van der Waals surface area contributed by atoms with E-state index in [9.17, 15) is 9.59 Å². The van der Waals surface area contributed by atoms with Crippen LogP contribution >= 0.6 is 0 Å². The van der Waals surface area contributed by atoms with Crippen LogP contribution in [0.1, 0.15) is 29.8 Å². The molecule has 1 aromatic rings. The lowest BCUT2D eigenvalue weighted by molar-refractivity contribution is -0.128. The second kappa shape index (κ2) is 5.73. The Bertz CT molecular complexity index is 475. The first-order valence-electron chi connectivity index (χ1n) is 6.15. The Balaban J connectivity index is 2.79. The number of anilines is 1. The van der Waals surface area contributed by atoms with Crippen molar-refractivity contribution in [3.05, 3.63) is 29.3 Å². The van der Waals surface area contributed by atoms with E-state index in [0.717, 1.165) is 5.56 Å². The highest BCUT2D eigenvalue weighted by molar-refractivity contribution is 6.00. The molecule has 1 rings (SSSR count). The first-order valence-corrected chi connectivity index (χ1v) is 6.15. The summed E-state index contributed by atoms with van der Waals surface area (Å²) in [4.78, 5) is 23.8. The van der Waals surface area contributed by atoms with Gasteiger partial charge in [-0.25, -0.2) is 0 Å². The van der Waals surface area contributed by atoms with Crippen molar-refractivity contribution in [3.63, 3.8) is 0 Å². The quantitative estimate of drug-likeness (QED) is 0.711. The largest absolute Gasteiger partial charge is 0.398 e. The van der Waals surface area contributed by atoms with Gasteiger partial charge < -0.3 is 16.4 Å². The van der Waals surface area contributed by atoms with Crippen LogP contribution in [0.2, 0.25) is 0 Å². The van der Waals surface area contributed by atoms with Gasteiger partial charge in [-0.05, 0) is 32.4 Å². The SMILES string of the molecule is CNC(=O)C(C)(C)CNC(=O)c1c(C)cccc1N. The molecular weight excluding hydrogens is 242 g/mol. The number of carbonyl (C=O) groups is 2. The molecular formula is C14H21N3O2. The molecule has 0 aliphatic carbocycles. The van der Waals surface area contributed by atoms with Gasteiger partial charge in [-0.1, -0.05) is 12.1 Å². The number of benzene rings is 1. The number of nitrogen functional groups attached to an aromatic ring is 1. The monoisotopic (exact) mass is 263 g/mol. The molecule has 0 spiro atoms. The number of carbonyl (C=O) groups excluding carboxylic acids is 2. The van der Waals surface area contributed by atoms with Crippen LogP contribution in [0.4, 0.5) is 5.69 Å². The summed E-state index contributed by atoms with van der Waals surface area (Å²) in [6.45, 7) is 5.62. The van der Waals surface area contributed by atoms with Crippen LogP contribution in [0.25, 0.3) is 0 Å². The average molecular weight is 263 g/mol. The fourth-order valence-electron chi connectivity index (χ4n) is 1.81. The van der Waals surface area contributed by atoms with Gasteiger partial charge in [0.25, 0.3) is 5.91 Å². The normalized spacial score (nSPS) is 10.9. The lowest BCUT2D eigenvalue weighted by atomic mass is 9.92. The van der Waals surface area contributed by atoms with Gasteiger partial charge >= 0.3 is 0 Å². The number of nitrogens with one attached hydrogen (secondary N) is 2. The lowest BCUT2D eigenvalue weighted by Crippen LogP contribution is -2.43. The number of hydrogen-bond acceptors (Lipinski definition) is 3. The summed E-state index contributed by atoms with van der Waals surface area (Å²) in [6.07, 6.45) is 0. The maximum Gasteiger partial charge on any atom is 0.253 e. The van der Waals surface area contributed by atoms with E-state index in [4.69, 9.17) is 5.73 Å². The number of aryl methyl sites for hydroxylation is 1. The van der Waals surface area contributed by atoms with Gasteiger partial charge in [0.15, 0.2) is 0 Å². The van der Waals surface area contributed by atoms with Crippen molar-refractivity contribution in [2.75, 3.05) is 19.3 Å². The molecule has 0 aliphatic heterocycles. The predicted octanol–water partition coefficient (Wildman–Crippen LogP) is 1.08. The number of rotatable bonds is 4. The summed E-state index contributed by atoms with van der Waals surface area (Å²) < 4.78 is 0. The van der Waals surface area contributed by atoms with Crippen molar-refractivity contribution in [1.82, 2.24) is 10.6 Å². The predicted molar refractivity (Wildman–Crippen MR) is 75.8 cm³/mol. The van der Waals surface area contributed by atoms with Crippen LogP contribution in [0.15, 0.2) is 18.2 Å². The van der Waals surface area contributed by atoms with E-state index in [1.54, 1.807) is 33.0 Å². The maximum absolute atomic E-state index is 12.1. The summed E-state index contributed by atoms with van der Waals surface area (Å²) in [5.41, 5.74) is 6.87. The van der Waals surface area contributed by atoms with E-state index in [1.807, 2.05) is 13.0 Å². The van der Waals surface area contributed by atoms with Gasteiger partial charge in [-0.2, -0.15) is 0 Å². The molecule has 19 heavy (non-hydrogen) atoms. The first kappa shape index (κ1) is 15.0. The summed E-state index contributed by atoms with van der Waals surface area (Å²) in [7, 11) is 1.57. The van der Waals surface area contributed by atoms with E-state index in [0.29, 0.717) is 11.3 Å². The van der Waals surface area contributed by atoms with Crippen molar-refractivity contribution in [1.29, 1.82) is 0 Å². The second-order valence-corrected chi connectivity index (χ2v) is 5.18. The minimum Gasteiger partial charge on any atom is -0.398 e. The highest BCUT2D eigenvalue weighted by Gasteiger charge is 2.27. The summed E-state index contributed by atoms with van der Waals surface area (Å²) in [5, 5.41) is 5.33. The zero-order chi connectivity index (χ0) is 14.6. The van der Waals surface area contributed by atoms with E-state index in [-0.39, 0.29) is 18.4 Å². The Morgan fingerprint density at radius 2 is 1.95 bits per heavy atom. The zero-order valence-corrected chi connectivity index (χ0v) is 11.8. The molecule has 0 saturated carbocycles. The number of amides is 2.